The number of hydrogen-bond donors (Lipinski definition) is 2. The first-order valence-corrected chi connectivity index (χ1v) is 11.2. The Morgan fingerprint density at radius 2 is 2.04 bits per heavy atom. The minimum Gasteiger partial charge on any atom is -0.365 e. The molecule has 0 bridgehead atoms. The number of carbonyl (C=O) groups excluding carboxylic acids is 2. The van der Waals surface area contributed by atoms with Gasteiger partial charge >= 0.3 is 0 Å². The van der Waals surface area contributed by atoms with Crippen LogP contribution < -0.4 is 10.5 Å². The number of primary amides is 1. The van der Waals surface area contributed by atoms with Gasteiger partial charge in [-0.25, -0.2) is 0 Å². The number of thiophene rings is 1. The van der Waals surface area contributed by atoms with Crippen LogP contribution in [0, 0.1) is 0 Å². The van der Waals surface area contributed by atoms with Crippen molar-refractivity contribution in [2.24, 2.45) is 5.73 Å². The molecule has 1 aromatic carbocycles. The monoisotopic (exact) mass is 424 g/mol. The molecule has 3 N–H and O–H groups in total. The van der Waals surface area contributed by atoms with E-state index in [0.29, 0.717) is 17.8 Å². The molecule has 3 rings (SSSR count). The van der Waals surface area contributed by atoms with E-state index in [9.17, 15) is 18.0 Å². The molecule has 152 valence electrons. The molecular weight excluding hydrogens is 400 g/mol. The highest BCUT2D eigenvalue weighted by atomic mass is 32.2. The fourth-order valence-electron chi connectivity index (χ4n) is 3.50. The lowest BCUT2D eigenvalue weighted by atomic mass is 10.0. The van der Waals surface area contributed by atoms with Crippen molar-refractivity contribution < 1.29 is 18.0 Å². The van der Waals surface area contributed by atoms with Crippen LogP contribution in [-0.2, 0) is 21.4 Å². The SMILES string of the molecule is CN(C)S(=O)(=O)NCC(=O)N1CCC[C@@H]1Cc1c(C(N)=O)sc2ccccc12. The summed E-state index contributed by atoms with van der Waals surface area (Å²) >= 11 is 1.37. The van der Waals surface area contributed by atoms with Crippen LogP contribution in [0.2, 0.25) is 0 Å². The summed E-state index contributed by atoms with van der Waals surface area (Å²) in [5.41, 5.74) is 6.45. The molecule has 2 heterocycles. The highest BCUT2D eigenvalue weighted by molar-refractivity contribution is 7.87. The summed E-state index contributed by atoms with van der Waals surface area (Å²) in [7, 11) is -0.858. The Bertz CT molecular complexity index is 1000. The number of hydrogen-bond acceptors (Lipinski definition) is 5. The number of carbonyl (C=O) groups is 2. The number of likely N-dealkylation sites (tertiary alicyclic amines) is 1. The smallest absolute Gasteiger partial charge is 0.279 e. The van der Waals surface area contributed by atoms with Gasteiger partial charge in [0.15, 0.2) is 0 Å². The maximum Gasteiger partial charge on any atom is 0.279 e. The number of nitrogens with zero attached hydrogens (tertiary/aromatic N) is 2. The summed E-state index contributed by atoms with van der Waals surface area (Å²) in [5, 5.41) is 0.980. The largest absolute Gasteiger partial charge is 0.365 e. The van der Waals surface area contributed by atoms with Crippen LogP contribution in [0.25, 0.3) is 10.1 Å². The van der Waals surface area contributed by atoms with Crippen LogP contribution >= 0.6 is 11.3 Å². The quantitative estimate of drug-likeness (QED) is 0.688. The summed E-state index contributed by atoms with van der Waals surface area (Å²) in [5.74, 6) is -0.737. The summed E-state index contributed by atoms with van der Waals surface area (Å²) in [4.78, 5) is 26.8. The van der Waals surface area contributed by atoms with Crippen LogP contribution in [0.5, 0.6) is 0 Å². The van der Waals surface area contributed by atoms with E-state index in [1.807, 2.05) is 24.3 Å². The number of nitrogens with two attached hydrogens (primary N) is 1. The molecule has 8 nitrogen and oxygen atoms in total. The molecule has 1 saturated heterocycles. The van der Waals surface area contributed by atoms with Gasteiger partial charge in [0.1, 0.15) is 0 Å². The predicted molar refractivity (Wildman–Crippen MR) is 109 cm³/mol. The second-order valence-electron chi connectivity index (χ2n) is 6.97. The minimum atomic E-state index is -3.66. The van der Waals surface area contributed by atoms with Gasteiger partial charge in [-0.1, -0.05) is 18.2 Å². The van der Waals surface area contributed by atoms with Gasteiger partial charge in [-0.2, -0.15) is 17.4 Å². The summed E-state index contributed by atoms with van der Waals surface area (Å²) in [6.45, 7) is 0.283. The predicted octanol–water partition coefficient (Wildman–Crippen LogP) is 0.930. The van der Waals surface area contributed by atoms with Gasteiger partial charge in [0.2, 0.25) is 5.91 Å². The van der Waals surface area contributed by atoms with Gasteiger partial charge in [0, 0.05) is 31.4 Å². The molecule has 0 unspecified atom stereocenters. The van der Waals surface area contributed by atoms with E-state index in [4.69, 9.17) is 5.73 Å². The van der Waals surface area contributed by atoms with Gasteiger partial charge in [0.05, 0.1) is 11.4 Å². The standard InChI is InChI=1S/C18H24N4O4S2/c1-21(2)28(25,26)20-11-16(23)22-9-5-6-12(22)10-14-13-7-3-4-8-15(13)27-17(14)18(19)24/h3-4,7-8,12,20H,5-6,9-11H2,1-2H3,(H2,19,24)/t12-/m1/s1. The molecule has 0 aliphatic carbocycles. The van der Waals surface area contributed by atoms with E-state index in [1.54, 1.807) is 4.90 Å². The molecular formula is C18H24N4O4S2. The first-order chi connectivity index (χ1) is 13.2. The number of fused-ring (bicyclic) bond motifs is 1. The Morgan fingerprint density at radius 1 is 1.32 bits per heavy atom. The summed E-state index contributed by atoms with van der Waals surface area (Å²) < 4.78 is 28.0. The second kappa shape index (κ2) is 8.16. The summed E-state index contributed by atoms with van der Waals surface area (Å²) in [6.07, 6.45) is 2.16. The molecule has 28 heavy (non-hydrogen) atoms. The zero-order valence-corrected chi connectivity index (χ0v) is 17.5. The van der Waals surface area contributed by atoms with E-state index in [0.717, 1.165) is 32.8 Å². The molecule has 1 atom stereocenters. The average molecular weight is 425 g/mol. The van der Waals surface area contributed by atoms with Gasteiger partial charge in [-0.15, -0.1) is 11.3 Å². The van der Waals surface area contributed by atoms with E-state index >= 15 is 0 Å². The minimum absolute atomic E-state index is 0.0903. The molecule has 0 saturated carbocycles. The van der Waals surface area contributed by atoms with Crippen LogP contribution in [0.15, 0.2) is 24.3 Å². The zero-order valence-electron chi connectivity index (χ0n) is 15.8. The van der Waals surface area contributed by atoms with Crippen molar-refractivity contribution in [1.82, 2.24) is 13.9 Å². The van der Waals surface area contributed by atoms with Crippen molar-refractivity contribution in [3.8, 4) is 0 Å². The Kier molecular flexibility index (Phi) is 6.04. The normalized spacial score (nSPS) is 17.5. The van der Waals surface area contributed by atoms with Crippen molar-refractivity contribution in [2.75, 3.05) is 27.2 Å². The third kappa shape index (κ3) is 4.19. The topological polar surface area (TPSA) is 113 Å². The van der Waals surface area contributed by atoms with Crippen LogP contribution in [0.1, 0.15) is 28.1 Å². The van der Waals surface area contributed by atoms with E-state index in [1.165, 1.54) is 25.4 Å². The molecule has 1 aliphatic rings. The summed E-state index contributed by atoms with van der Waals surface area (Å²) in [6, 6.07) is 7.64. The van der Waals surface area contributed by atoms with Crippen molar-refractivity contribution in [3.05, 3.63) is 34.7 Å². The third-order valence-corrected chi connectivity index (χ3v) is 7.64. The van der Waals surface area contributed by atoms with E-state index < -0.39 is 16.1 Å². The lowest BCUT2D eigenvalue weighted by Crippen LogP contribution is -2.45. The highest BCUT2D eigenvalue weighted by Gasteiger charge is 2.31. The molecule has 1 aromatic heterocycles. The lowest BCUT2D eigenvalue weighted by Gasteiger charge is -2.25. The van der Waals surface area contributed by atoms with E-state index in [-0.39, 0.29) is 18.5 Å². The van der Waals surface area contributed by atoms with Gasteiger partial charge in [0.25, 0.3) is 16.1 Å². The molecule has 2 aromatic rings. The van der Waals surface area contributed by atoms with Crippen molar-refractivity contribution in [1.29, 1.82) is 0 Å². The van der Waals surface area contributed by atoms with Crippen LogP contribution in [0.4, 0.5) is 0 Å². The van der Waals surface area contributed by atoms with Crippen molar-refractivity contribution >= 4 is 43.4 Å². The lowest BCUT2D eigenvalue weighted by molar-refractivity contribution is -0.130. The molecule has 0 radical (unpaired) electrons. The van der Waals surface area contributed by atoms with Crippen molar-refractivity contribution in [3.63, 3.8) is 0 Å². The fourth-order valence-corrected chi connectivity index (χ4v) is 5.14. The molecule has 1 fully saturated rings. The molecule has 0 spiro atoms. The average Bonchev–Trinajstić information content (AvgIpc) is 3.25. The fraction of sp³-hybridized carbons (Fsp3) is 0.444. The second-order valence-corrected chi connectivity index (χ2v) is 9.99. The third-order valence-electron chi connectivity index (χ3n) is 4.95. The Hall–Kier alpha value is -2.01. The van der Waals surface area contributed by atoms with Gasteiger partial charge in [-0.3, -0.25) is 9.59 Å². The number of rotatable bonds is 7. The molecule has 10 heteroatoms. The number of benzene rings is 1. The molecule has 2 amide bonds. The van der Waals surface area contributed by atoms with Crippen LogP contribution in [0.3, 0.4) is 0 Å². The highest BCUT2D eigenvalue weighted by Crippen LogP contribution is 2.34. The van der Waals surface area contributed by atoms with E-state index in [2.05, 4.69) is 4.72 Å². The first-order valence-electron chi connectivity index (χ1n) is 8.97. The Morgan fingerprint density at radius 3 is 2.71 bits per heavy atom. The van der Waals surface area contributed by atoms with Crippen molar-refractivity contribution in [2.45, 2.75) is 25.3 Å². The van der Waals surface area contributed by atoms with Crippen LogP contribution in [-0.4, -0.2) is 62.7 Å². The zero-order chi connectivity index (χ0) is 20.5. The number of nitrogens with one attached hydrogen (secondary N) is 1. The molecule has 1 aliphatic heterocycles. The Balaban J connectivity index is 1.79. The first kappa shape index (κ1) is 20.7. The number of amides is 2. The maximum absolute atomic E-state index is 12.6. The Labute approximate surface area is 168 Å². The van der Waals surface area contributed by atoms with Gasteiger partial charge in [-0.05, 0) is 36.3 Å². The maximum atomic E-state index is 12.6. The van der Waals surface area contributed by atoms with Gasteiger partial charge < -0.3 is 10.6 Å².